The fourth-order valence-electron chi connectivity index (χ4n) is 1.74. The van der Waals surface area contributed by atoms with E-state index in [-0.39, 0.29) is 11.6 Å². The van der Waals surface area contributed by atoms with Crippen LogP contribution in [0.2, 0.25) is 0 Å². The number of carbonyl (C=O) groups excluding carboxylic acids is 1. The van der Waals surface area contributed by atoms with Crippen molar-refractivity contribution in [2.75, 3.05) is 12.4 Å². The monoisotopic (exact) mass is 263 g/mol. The Morgan fingerprint density at radius 1 is 1.47 bits per heavy atom. The van der Waals surface area contributed by atoms with E-state index in [4.69, 9.17) is 0 Å². The molecule has 0 bridgehead atoms. The summed E-state index contributed by atoms with van der Waals surface area (Å²) in [4.78, 5) is 11.6. The van der Waals surface area contributed by atoms with Gasteiger partial charge in [-0.05, 0) is 31.2 Å². The van der Waals surface area contributed by atoms with Crippen LogP contribution >= 0.6 is 0 Å². The Hall–Kier alpha value is -2.37. The minimum Gasteiger partial charge on any atom is -0.465 e. The van der Waals surface area contributed by atoms with Gasteiger partial charge in [-0.1, -0.05) is 0 Å². The standard InChI is InChI=1S/C13H14FN3O2/c1-8(11-5-6-15-17-11)16-12-7-9(14)3-4-10(12)13(18)19-2/h3-8,16H,1-2H3,(H,15,17). The Labute approximate surface area is 109 Å². The van der Waals surface area contributed by atoms with Gasteiger partial charge < -0.3 is 10.1 Å². The van der Waals surface area contributed by atoms with Gasteiger partial charge in [0.1, 0.15) is 5.82 Å². The third-order valence-electron chi connectivity index (χ3n) is 2.75. The zero-order valence-corrected chi connectivity index (χ0v) is 10.6. The molecule has 0 saturated heterocycles. The van der Waals surface area contributed by atoms with Crippen LogP contribution in [0.3, 0.4) is 0 Å². The molecule has 1 aromatic heterocycles. The van der Waals surface area contributed by atoms with Crippen molar-refractivity contribution in [3.63, 3.8) is 0 Å². The van der Waals surface area contributed by atoms with Gasteiger partial charge >= 0.3 is 5.97 Å². The summed E-state index contributed by atoms with van der Waals surface area (Å²) in [6.07, 6.45) is 1.63. The van der Waals surface area contributed by atoms with E-state index in [1.807, 2.05) is 6.92 Å². The summed E-state index contributed by atoms with van der Waals surface area (Å²) in [5, 5.41) is 9.71. The lowest BCUT2D eigenvalue weighted by Crippen LogP contribution is -2.12. The molecule has 0 saturated carbocycles. The van der Waals surface area contributed by atoms with E-state index in [2.05, 4.69) is 20.3 Å². The van der Waals surface area contributed by atoms with Gasteiger partial charge in [0, 0.05) is 6.20 Å². The van der Waals surface area contributed by atoms with E-state index in [0.29, 0.717) is 5.69 Å². The van der Waals surface area contributed by atoms with Crippen molar-refractivity contribution < 1.29 is 13.9 Å². The molecule has 5 nitrogen and oxygen atoms in total. The molecule has 1 unspecified atom stereocenters. The molecular formula is C13H14FN3O2. The number of nitrogens with one attached hydrogen (secondary N) is 2. The number of nitrogens with zero attached hydrogens (tertiary/aromatic N) is 1. The fourth-order valence-corrected chi connectivity index (χ4v) is 1.74. The average Bonchev–Trinajstić information content (AvgIpc) is 2.92. The van der Waals surface area contributed by atoms with Crippen LogP contribution in [-0.4, -0.2) is 23.3 Å². The first-order valence-corrected chi connectivity index (χ1v) is 5.75. The van der Waals surface area contributed by atoms with Crippen molar-refractivity contribution in [2.45, 2.75) is 13.0 Å². The summed E-state index contributed by atoms with van der Waals surface area (Å²) >= 11 is 0. The van der Waals surface area contributed by atoms with Crippen molar-refractivity contribution in [3.05, 3.63) is 47.5 Å². The number of esters is 1. The Balaban J connectivity index is 2.28. The van der Waals surface area contributed by atoms with Gasteiger partial charge in [0.05, 0.1) is 30.1 Å². The molecule has 1 aromatic carbocycles. The maximum absolute atomic E-state index is 13.3. The van der Waals surface area contributed by atoms with E-state index >= 15 is 0 Å². The van der Waals surface area contributed by atoms with Crippen molar-refractivity contribution in [1.82, 2.24) is 10.2 Å². The first kappa shape index (κ1) is 13.1. The van der Waals surface area contributed by atoms with Crippen LogP contribution in [0.25, 0.3) is 0 Å². The molecule has 0 spiro atoms. The summed E-state index contributed by atoms with van der Waals surface area (Å²) in [5.41, 5.74) is 1.50. The van der Waals surface area contributed by atoms with Crippen molar-refractivity contribution >= 4 is 11.7 Å². The Bertz CT molecular complexity index is 569. The summed E-state index contributed by atoms with van der Waals surface area (Å²) < 4.78 is 18.0. The predicted octanol–water partition coefficient (Wildman–Crippen LogP) is 2.51. The molecule has 0 aliphatic heterocycles. The lowest BCUT2D eigenvalue weighted by molar-refractivity contribution is 0.0601. The van der Waals surface area contributed by atoms with Crippen molar-refractivity contribution in [2.24, 2.45) is 0 Å². The number of methoxy groups -OCH3 is 1. The highest BCUT2D eigenvalue weighted by molar-refractivity contribution is 5.95. The highest BCUT2D eigenvalue weighted by atomic mass is 19.1. The maximum atomic E-state index is 13.3. The average molecular weight is 263 g/mol. The molecule has 2 N–H and O–H groups in total. The van der Waals surface area contributed by atoms with Gasteiger partial charge in [0.15, 0.2) is 0 Å². The zero-order valence-electron chi connectivity index (χ0n) is 10.6. The van der Waals surface area contributed by atoms with Crippen LogP contribution in [0.15, 0.2) is 30.5 Å². The van der Waals surface area contributed by atoms with Gasteiger partial charge in [0.25, 0.3) is 0 Å². The molecule has 1 atom stereocenters. The molecule has 19 heavy (non-hydrogen) atoms. The van der Waals surface area contributed by atoms with Crippen molar-refractivity contribution in [3.8, 4) is 0 Å². The Morgan fingerprint density at radius 2 is 2.26 bits per heavy atom. The molecule has 2 aromatic rings. The van der Waals surface area contributed by atoms with Crippen LogP contribution in [0, 0.1) is 5.82 Å². The number of aromatic amines is 1. The third-order valence-corrected chi connectivity index (χ3v) is 2.75. The number of H-pyrrole nitrogens is 1. The third kappa shape index (κ3) is 2.90. The Morgan fingerprint density at radius 3 is 2.89 bits per heavy atom. The fraction of sp³-hybridized carbons (Fsp3) is 0.231. The summed E-state index contributed by atoms with van der Waals surface area (Å²) in [6.45, 7) is 1.87. The minimum atomic E-state index is -0.515. The minimum absolute atomic E-state index is 0.146. The molecule has 0 amide bonds. The predicted molar refractivity (Wildman–Crippen MR) is 68.4 cm³/mol. The second kappa shape index (κ2) is 5.51. The number of rotatable bonds is 4. The molecule has 0 fully saturated rings. The van der Waals surface area contributed by atoms with E-state index in [1.165, 1.54) is 25.3 Å². The van der Waals surface area contributed by atoms with E-state index in [1.54, 1.807) is 12.3 Å². The molecular weight excluding hydrogens is 249 g/mol. The molecule has 1 heterocycles. The second-order valence-electron chi connectivity index (χ2n) is 4.06. The molecule has 6 heteroatoms. The number of anilines is 1. The van der Waals surface area contributed by atoms with Crippen LogP contribution in [0.4, 0.5) is 10.1 Å². The molecule has 0 aliphatic rings. The van der Waals surface area contributed by atoms with Crippen LogP contribution < -0.4 is 5.32 Å². The lowest BCUT2D eigenvalue weighted by atomic mass is 10.1. The van der Waals surface area contributed by atoms with Gasteiger partial charge in [-0.2, -0.15) is 5.10 Å². The number of benzene rings is 1. The van der Waals surface area contributed by atoms with Gasteiger partial charge in [-0.15, -0.1) is 0 Å². The van der Waals surface area contributed by atoms with E-state index < -0.39 is 11.8 Å². The van der Waals surface area contributed by atoms with E-state index in [9.17, 15) is 9.18 Å². The topological polar surface area (TPSA) is 67.0 Å². The first-order valence-electron chi connectivity index (χ1n) is 5.75. The molecule has 0 aliphatic carbocycles. The highest BCUT2D eigenvalue weighted by Gasteiger charge is 2.15. The molecule has 100 valence electrons. The van der Waals surface area contributed by atoms with Crippen LogP contribution in [0.1, 0.15) is 29.0 Å². The molecule has 2 rings (SSSR count). The summed E-state index contributed by atoms with van der Waals surface area (Å²) in [7, 11) is 1.29. The SMILES string of the molecule is COC(=O)c1ccc(F)cc1NC(C)c1ccn[nH]1. The summed E-state index contributed by atoms with van der Waals surface area (Å²) in [5.74, 6) is -0.939. The number of halogens is 1. The second-order valence-corrected chi connectivity index (χ2v) is 4.06. The lowest BCUT2D eigenvalue weighted by Gasteiger charge is -2.16. The quantitative estimate of drug-likeness (QED) is 0.832. The highest BCUT2D eigenvalue weighted by Crippen LogP contribution is 2.23. The smallest absolute Gasteiger partial charge is 0.339 e. The van der Waals surface area contributed by atoms with Crippen LogP contribution in [0.5, 0.6) is 0 Å². The number of hydrogen-bond donors (Lipinski definition) is 2. The molecule has 0 radical (unpaired) electrons. The number of hydrogen-bond acceptors (Lipinski definition) is 4. The number of ether oxygens (including phenoxy) is 1. The number of carbonyl (C=O) groups is 1. The van der Waals surface area contributed by atoms with Gasteiger partial charge in [0.2, 0.25) is 0 Å². The van der Waals surface area contributed by atoms with Gasteiger partial charge in [-0.3, -0.25) is 5.10 Å². The summed E-state index contributed by atoms with van der Waals surface area (Å²) in [6, 6.07) is 5.53. The first-order chi connectivity index (χ1) is 9.11. The van der Waals surface area contributed by atoms with Gasteiger partial charge in [-0.25, -0.2) is 9.18 Å². The normalized spacial score (nSPS) is 11.9. The van der Waals surface area contributed by atoms with E-state index in [0.717, 1.165) is 5.69 Å². The maximum Gasteiger partial charge on any atom is 0.339 e. The van der Waals surface area contributed by atoms with Crippen LogP contribution in [-0.2, 0) is 4.74 Å². The Kier molecular flexibility index (Phi) is 3.79. The zero-order chi connectivity index (χ0) is 13.8. The largest absolute Gasteiger partial charge is 0.465 e. The van der Waals surface area contributed by atoms with Crippen molar-refractivity contribution in [1.29, 1.82) is 0 Å². The number of aromatic nitrogens is 2.